The number of rotatable bonds is 13. The van der Waals surface area contributed by atoms with Crippen LogP contribution in [-0.4, -0.2) is 35.1 Å². The number of hydrogen-bond donors (Lipinski definition) is 1. The molecule has 2 N–H and O–H groups in total. The van der Waals surface area contributed by atoms with E-state index in [1.807, 2.05) is 13.8 Å². The molecule has 1 atom stereocenters. The van der Waals surface area contributed by atoms with Gasteiger partial charge < -0.3 is 10.5 Å². The molecule has 2 amide bonds. The van der Waals surface area contributed by atoms with Crippen molar-refractivity contribution in [1.29, 1.82) is 0 Å². The summed E-state index contributed by atoms with van der Waals surface area (Å²) in [6.07, 6.45) is 11.5. The molecule has 0 bridgehead atoms. The number of imide groups is 1. The molecule has 0 radical (unpaired) electrons. The predicted octanol–water partition coefficient (Wildman–Crippen LogP) is 5.65. The van der Waals surface area contributed by atoms with Crippen LogP contribution in [0, 0.1) is 5.92 Å². The first-order valence-corrected chi connectivity index (χ1v) is 10.9. The van der Waals surface area contributed by atoms with Crippen molar-refractivity contribution in [3.05, 3.63) is 0 Å². The molecule has 0 aromatic carbocycles. The average Bonchev–Trinajstić information content (AvgIpc) is 2.56. The van der Waals surface area contributed by atoms with E-state index in [9.17, 15) is 9.59 Å². The fourth-order valence-corrected chi connectivity index (χ4v) is 2.83. The largest absolute Gasteiger partial charge is 0.443 e. The van der Waals surface area contributed by atoms with Gasteiger partial charge in [0.1, 0.15) is 5.60 Å². The Bertz CT molecular complexity index is 416. The summed E-state index contributed by atoms with van der Waals surface area (Å²) in [7, 11) is 0. The van der Waals surface area contributed by atoms with Crippen molar-refractivity contribution in [3.63, 3.8) is 0 Å². The van der Waals surface area contributed by atoms with Gasteiger partial charge in [-0.3, -0.25) is 4.79 Å². The summed E-state index contributed by atoms with van der Waals surface area (Å²) in [5.74, 6) is -0.356. The van der Waals surface area contributed by atoms with E-state index in [1.54, 1.807) is 20.8 Å². The van der Waals surface area contributed by atoms with E-state index >= 15 is 0 Å². The van der Waals surface area contributed by atoms with Crippen LogP contribution in [-0.2, 0) is 9.53 Å². The number of ether oxygens (including phenoxy) is 1. The molecular formula is C22H44N2O3. The molecule has 0 fully saturated rings. The molecule has 0 aromatic rings. The maximum absolute atomic E-state index is 12.6. The normalized spacial score (nSPS) is 12.9. The summed E-state index contributed by atoms with van der Waals surface area (Å²) < 4.78 is 5.40. The van der Waals surface area contributed by atoms with Crippen molar-refractivity contribution < 1.29 is 14.3 Å². The highest BCUT2D eigenvalue weighted by atomic mass is 16.6. The highest BCUT2D eigenvalue weighted by Crippen LogP contribution is 2.15. The van der Waals surface area contributed by atoms with Crippen LogP contribution in [0.15, 0.2) is 0 Å². The Kier molecular flexibility index (Phi) is 13.4. The Morgan fingerprint density at radius 3 is 1.74 bits per heavy atom. The van der Waals surface area contributed by atoms with Gasteiger partial charge in [0.25, 0.3) is 0 Å². The van der Waals surface area contributed by atoms with Crippen molar-refractivity contribution >= 4 is 12.0 Å². The van der Waals surface area contributed by atoms with Crippen LogP contribution in [0.2, 0.25) is 0 Å². The number of unbranched alkanes of at least 4 members (excludes halogenated alkanes) is 9. The molecule has 0 aliphatic heterocycles. The molecule has 0 rings (SSSR count). The third kappa shape index (κ3) is 12.8. The summed E-state index contributed by atoms with van der Waals surface area (Å²) in [6, 6.07) is -0.680. The summed E-state index contributed by atoms with van der Waals surface area (Å²) in [4.78, 5) is 26.3. The fourth-order valence-electron chi connectivity index (χ4n) is 2.83. The number of nitrogens with two attached hydrogens (primary N) is 1. The minimum absolute atomic E-state index is 0.0184. The van der Waals surface area contributed by atoms with Crippen molar-refractivity contribution in [1.82, 2.24) is 4.90 Å². The van der Waals surface area contributed by atoms with Crippen molar-refractivity contribution in [2.75, 3.05) is 6.54 Å². The first-order chi connectivity index (χ1) is 12.6. The predicted molar refractivity (Wildman–Crippen MR) is 113 cm³/mol. The molecule has 5 nitrogen and oxygen atoms in total. The molecule has 5 heteroatoms. The Morgan fingerprint density at radius 1 is 0.889 bits per heavy atom. The molecule has 0 aromatic heterocycles. The highest BCUT2D eigenvalue weighted by Gasteiger charge is 2.31. The third-order valence-corrected chi connectivity index (χ3v) is 4.62. The van der Waals surface area contributed by atoms with E-state index in [0.29, 0.717) is 6.54 Å². The zero-order valence-corrected chi connectivity index (χ0v) is 18.7. The first-order valence-electron chi connectivity index (χ1n) is 10.9. The smallest absolute Gasteiger partial charge is 0.417 e. The molecule has 0 aliphatic rings. The lowest BCUT2D eigenvalue weighted by Crippen LogP contribution is -2.50. The number of carbonyl (C=O) groups excluding carboxylic acids is 2. The molecule has 0 saturated heterocycles. The molecule has 0 spiro atoms. The van der Waals surface area contributed by atoms with Gasteiger partial charge in [0.15, 0.2) is 0 Å². The van der Waals surface area contributed by atoms with E-state index < -0.39 is 17.7 Å². The third-order valence-electron chi connectivity index (χ3n) is 4.62. The summed E-state index contributed by atoms with van der Waals surface area (Å²) >= 11 is 0. The Hall–Kier alpha value is -1.10. The van der Waals surface area contributed by atoms with Gasteiger partial charge in [-0.25, -0.2) is 9.69 Å². The second-order valence-corrected chi connectivity index (χ2v) is 8.92. The molecule has 27 heavy (non-hydrogen) atoms. The van der Waals surface area contributed by atoms with E-state index in [4.69, 9.17) is 10.5 Å². The van der Waals surface area contributed by atoms with Crippen LogP contribution >= 0.6 is 0 Å². The lowest BCUT2D eigenvalue weighted by Gasteiger charge is -2.28. The lowest BCUT2D eigenvalue weighted by molar-refractivity contribution is -0.132. The zero-order valence-electron chi connectivity index (χ0n) is 18.7. The van der Waals surface area contributed by atoms with E-state index in [1.165, 1.54) is 49.8 Å². The van der Waals surface area contributed by atoms with Crippen molar-refractivity contribution in [2.45, 2.75) is 117 Å². The van der Waals surface area contributed by atoms with Gasteiger partial charge in [-0.2, -0.15) is 0 Å². The highest BCUT2D eigenvalue weighted by molar-refractivity contribution is 5.95. The SMILES string of the molecule is CCCCCCCCCCCCN(C(=O)OC(C)(C)C)C(=O)C(N)C(C)C. The summed E-state index contributed by atoms with van der Waals surface area (Å²) in [6.45, 7) is 11.8. The van der Waals surface area contributed by atoms with Gasteiger partial charge in [0.05, 0.1) is 6.04 Å². The minimum atomic E-state index is -0.680. The van der Waals surface area contributed by atoms with Gasteiger partial charge in [-0.05, 0) is 33.1 Å². The quantitative estimate of drug-likeness (QED) is 0.416. The van der Waals surface area contributed by atoms with Crippen LogP contribution in [0.4, 0.5) is 4.79 Å². The zero-order chi connectivity index (χ0) is 20.9. The van der Waals surface area contributed by atoms with E-state index in [2.05, 4.69) is 6.92 Å². The Morgan fingerprint density at radius 2 is 1.33 bits per heavy atom. The van der Waals surface area contributed by atoms with Crippen LogP contribution in [0.25, 0.3) is 0 Å². The van der Waals surface area contributed by atoms with Crippen LogP contribution in [0.1, 0.15) is 106 Å². The first kappa shape index (κ1) is 25.9. The van der Waals surface area contributed by atoms with Crippen LogP contribution in [0.5, 0.6) is 0 Å². The number of amides is 2. The maximum Gasteiger partial charge on any atom is 0.417 e. The number of hydrogen-bond acceptors (Lipinski definition) is 4. The number of carbonyl (C=O) groups is 2. The monoisotopic (exact) mass is 384 g/mol. The molecular weight excluding hydrogens is 340 g/mol. The van der Waals surface area contributed by atoms with Gasteiger partial charge >= 0.3 is 6.09 Å². The van der Waals surface area contributed by atoms with Crippen LogP contribution in [0.3, 0.4) is 0 Å². The average molecular weight is 385 g/mol. The van der Waals surface area contributed by atoms with E-state index in [0.717, 1.165) is 19.3 Å². The second kappa shape index (κ2) is 14.0. The van der Waals surface area contributed by atoms with E-state index in [-0.39, 0.29) is 11.8 Å². The fraction of sp³-hybridized carbons (Fsp3) is 0.909. The Balaban J connectivity index is 4.33. The standard InChI is InChI=1S/C22H44N2O3/c1-7-8-9-10-11-12-13-14-15-16-17-24(20(25)19(23)18(2)3)21(26)27-22(4,5)6/h18-19H,7-17,23H2,1-6H3. The minimum Gasteiger partial charge on any atom is -0.443 e. The van der Waals surface area contributed by atoms with Gasteiger partial charge in [0.2, 0.25) is 5.91 Å². The van der Waals surface area contributed by atoms with Crippen molar-refractivity contribution in [2.24, 2.45) is 11.7 Å². The van der Waals surface area contributed by atoms with Gasteiger partial charge in [-0.15, -0.1) is 0 Å². The number of nitrogens with zero attached hydrogens (tertiary/aromatic N) is 1. The van der Waals surface area contributed by atoms with Gasteiger partial charge in [-0.1, -0.05) is 78.6 Å². The maximum atomic E-state index is 12.6. The summed E-state index contributed by atoms with van der Waals surface area (Å²) in [5, 5.41) is 0. The molecule has 1 unspecified atom stereocenters. The van der Waals surface area contributed by atoms with Gasteiger partial charge in [0, 0.05) is 6.54 Å². The lowest BCUT2D eigenvalue weighted by atomic mass is 10.0. The summed E-state index contributed by atoms with van der Waals surface area (Å²) in [5.41, 5.74) is 5.35. The van der Waals surface area contributed by atoms with Crippen LogP contribution < -0.4 is 5.73 Å². The topological polar surface area (TPSA) is 72.6 Å². The molecule has 0 aliphatic carbocycles. The Labute approximate surface area is 167 Å². The van der Waals surface area contributed by atoms with Crippen molar-refractivity contribution in [3.8, 4) is 0 Å². The molecule has 0 heterocycles. The molecule has 0 saturated carbocycles. The molecule has 160 valence electrons. The second-order valence-electron chi connectivity index (χ2n) is 8.92.